The minimum atomic E-state index is -0.674. The summed E-state index contributed by atoms with van der Waals surface area (Å²) in [6, 6.07) is 26.4. The first kappa shape index (κ1) is 43.5. The highest BCUT2D eigenvalue weighted by molar-refractivity contribution is 6.15. The quantitative estimate of drug-likeness (QED) is 0.0735. The fraction of sp³-hybridized carbons (Fsp3) is 0.500. The molecule has 2 aliphatic heterocycles. The summed E-state index contributed by atoms with van der Waals surface area (Å²) < 4.78 is 27.7. The van der Waals surface area contributed by atoms with Gasteiger partial charge in [-0.15, -0.1) is 0 Å². The van der Waals surface area contributed by atoms with Crippen LogP contribution in [0.15, 0.2) is 84.9 Å². The van der Waals surface area contributed by atoms with E-state index in [1.807, 2.05) is 24.3 Å². The van der Waals surface area contributed by atoms with Crippen LogP contribution in [-0.2, 0) is 14.9 Å². The number of rotatable bonds is 13. The molecule has 9 nitrogen and oxygen atoms in total. The molecule has 0 saturated heterocycles. The van der Waals surface area contributed by atoms with Gasteiger partial charge in [0, 0.05) is 5.41 Å². The van der Waals surface area contributed by atoms with Crippen LogP contribution in [0.5, 0.6) is 23.0 Å². The van der Waals surface area contributed by atoms with Crippen molar-refractivity contribution in [2.45, 2.75) is 117 Å². The van der Waals surface area contributed by atoms with Crippen LogP contribution in [0.2, 0.25) is 0 Å². The third-order valence-electron chi connectivity index (χ3n) is 17.7. The van der Waals surface area contributed by atoms with Gasteiger partial charge in [0.1, 0.15) is 23.0 Å². The summed E-state index contributed by atoms with van der Waals surface area (Å²) in [4.78, 5) is 48.3. The number of hydrogen-bond donors (Lipinski definition) is 0. The first-order chi connectivity index (χ1) is 31.3. The third kappa shape index (κ3) is 7.64. The van der Waals surface area contributed by atoms with Gasteiger partial charge >= 0.3 is 23.9 Å². The standard InChI is InChI=1S/C56H62O9/c1-33(2)7-6-8-34(3)47-23-24-48-44-20-13-37-31-56(28-27-54(37,4)49(44)25-26-55(47,48)5,36-11-16-39(17-12-36)63-41-19-22-43-46(30-41)53(60)65-51(43)58)35-9-14-38(15-10-35)61-32-62-40-18-21-42-45(29-40)52(59)64-50(42)57/h9-12,14-19,21-22,29-30,33-34,37,44,47-49H,6-8,13,20,23-28,31-32H2,1-5H3. The zero-order valence-electron chi connectivity index (χ0n) is 38.5. The summed E-state index contributed by atoms with van der Waals surface area (Å²) in [5.41, 5.74) is 3.94. The third-order valence-corrected chi connectivity index (χ3v) is 17.7. The Labute approximate surface area is 382 Å². The molecule has 2 heterocycles. The average molecular weight is 879 g/mol. The van der Waals surface area contributed by atoms with Crippen LogP contribution >= 0.6 is 0 Å². The van der Waals surface area contributed by atoms with E-state index in [2.05, 4.69) is 58.9 Å². The number of carbonyl (C=O) groups excluding carboxylic acids is 4. The molecule has 4 aromatic carbocycles. The molecule has 9 unspecified atom stereocenters. The van der Waals surface area contributed by atoms with E-state index in [1.54, 1.807) is 24.3 Å². The summed E-state index contributed by atoms with van der Waals surface area (Å²) in [5, 5.41) is 0. The molecule has 4 aromatic rings. The van der Waals surface area contributed by atoms with E-state index in [4.69, 9.17) is 23.7 Å². The lowest BCUT2D eigenvalue weighted by Gasteiger charge is -2.63. The fourth-order valence-corrected chi connectivity index (χ4v) is 14.3. The van der Waals surface area contributed by atoms with Crippen LogP contribution in [0.25, 0.3) is 0 Å². The Kier molecular flexibility index (Phi) is 11.2. The highest BCUT2D eigenvalue weighted by Crippen LogP contribution is 2.70. The van der Waals surface area contributed by atoms with Gasteiger partial charge in [-0.05, 0) is 182 Å². The molecule has 65 heavy (non-hydrogen) atoms. The van der Waals surface area contributed by atoms with Crippen molar-refractivity contribution >= 4 is 23.9 Å². The van der Waals surface area contributed by atoms with Crippen LogP contribution in [0.1, 0.15) is 164 Å². The maximum atomic E-state index is 12.3. The first-order valence-electron chi connectivity index (χ1n) is 24.2. The van der Waals surface area contributed by atoms with Crippen molar-refractivity contribution in [1.82, 2.24) is 0 Å². The summed E-state index contributed by atoms with van der Waals surface area (Å²) >= 11 is 0. The average Bonchev–Trinajstić information content (AvgIpc) is 3.90. The van der Waals surface area contributed by atoms with E-state index < -0.39 is 23.9 Å². The van der Waals surface area contributed by atoms with Crippen molar-refractivity contribution < 1.29 is 42.9 Å². The second-order valence-electron chi connectivity index (χ2n) is 21.3. The molecule has 10 rings (SSSR count). The molecule has 4 fully saturated rings. The molecular weight excluding hydrogens is 817 g/mol. The van der Waals surface area contributed by atoms with Gasteiger partial charge in [0.15, 0.2) is 0 Å². The second-order valence-corrected chi connectivity index (χ2v) is 21.3. The van der Waals surface area contributed by atoms with E-state index >= 15 is 0 Å². The Morgan fingerprint density at radius 2 is 1.14 bits per heavy atom. The van der Waals surface area contributed by atoms with Crippen molar-refractivity contribution in [1.29, 1.82) is 0 Å². The largest absolute Gasteiger partial charge is 0.458 e. The summed E-state index contributed by atoms with van der Waals surface area (Å²) in [7, 11) is 0. The molecule has 9 atom stereocenters. The van der Waals surface area contributed by atoms with Crippen LogP contribution in [-0.4, -0.2) is 30.7 Å². The molecule has 4 aliphatic carbocycles. The maximum absolute atomic E-state index is 12.3. The zero-order valence-corrected chi connectivity index (χ0v) is 38.5. The lowest BCUT2D eigenvalue weighted by molar-refractivity contribution is -0.122. The van der Waals surface area contributed by atoms with E-state index in [0.29, 0.717) is 34.3 Å². The minimum absolute atomic E-state index is 0.0732. The Morgan fingerprint density at radius 3 is 1.80 bits per heavy atom. The van der Waals surface area contributed by atoms with Gasteiger partial charge in [-0.25, -0.2) is 19.2 Å². The number of fused-ring (bicyclic) bond motifs is 7. The molecule has 0 spiro atoms. The molecule has 340 valence electrons. The minimum Gasteiger partial charge on any atom is -0.458 e. The van der Waals surface area contributed by atoms with Gasteiger partial charge in [0.05, 0.1) is 22.3 Å². The van der Waals surface area contributed by atoms with E-state index in [9.17, 15) is 19.2 Å². The Balaban J connectivity index is 0.885. The van der Waals surface area contributed by atoms with Crippen molar-refractivity contribution in [2.24, 2.45) is 52.3 Å². The van der Waals surface area contributed by atoms with Crippen molar-refractivity contribution in [3.8, 4) is 23.0 Å². The summed E-state index contributed by atoms with van der Waals surface area (Å²) in [5.74, 6) is 5.03. The van der Waals surface area contributed by atoms with Gasteiger partial charge in [0.2, 0.25) is 6.79 Å². The Bertz CT molecular complexity index is 2510. The molecule has 0 bridgehead atoms. The molecule has 0 aromatic heterocycles. The smallest absolute Gasteiger partial charge is 0.347 e. The number of esters is 4. The highest BCUT2D eigenvalue weighted by Gasteiger charge is 2.62. The maximum Gasteiger partial charge on any atom is 0.347 e. The topological polar surface area (TPSA) is 114 Å². The van der Waals surface area contributed by atoms with Crippen molar-refractivity contribution in [2.75, 3.05) is 6.79 Å². The van der Waals surface area contributed by atoms with Gasteiger partial charge in [-0.3, -0.25) is 0 Å². The Morgan fingerprint density at radius 1 is 0.569 bits per heavy atom. The predicted octanol–water partition coefficient (Wildman–Crippen LogP) is 12.9. The molecule has 0 N–H and O–H groups in total. The first-order valence-corrected chi connectivity index (χ1v) is 24.2. The van der Waals surface area contributed by atoms with Crippen LogP contribution in [0.3, 0.4) is 0 Å². The van der Waals surface area contributed by atoms with Crippen LogP contribution < -0.4 is 14.2 Å². The van der Waals surface area contributed by atoms with Crippen molar-refractivity contribution in [3.05, 3.63) is 118 Å². The number of cyclic esters (lactones) is 4. The van der Waals surface area contributed by atoms with Gasteiger partial charge < -0.3 is 23.7 Å². The van der Waals surface area contributed by atoms with Crippen LogP contribution in [0.4, 0.5) is 0 Å². The van der Waals surface area contributed by atoms with Gasteiger partial charge in [0.25, 0.3) is 0 Å². The van der Waals surface area contributed by atoms with E-state index in [-0.39, 0.29) is 39.9 Å². The number of carbonyl (C=O) groups is 4. The fourth-order valence-electron chi connectivity index (χ4n) is 14.3. The number of benzene rings is 4. The highest BCUT2D eigenvalue weighted by atomic mass is 16.7. The molecule has 9 heteroatoms. The molecule has 4 saturated carbocycles. The van der Waals surface area contributed by atoms with Gasteiger partial charge in [-0.2, -0.15) is 0 Å². The SMILES string of the molecule is CC(C)CCCC(C)C1CCC2C3CCC4CC(c5ccc(OCOc6ccc7c(c6)C(=O)OC7=O)cc5)(c5ccc(Oc6ccc7c(c6)C(=O)OC7=O)cc5)CCC4(C)C3CCC12C. The molecule has 6 aliphatic rings. The number of hydrogen-bond acceptors (Lipinski definition) is 9. The molecular formula is C56H62O9. The normalized spacial score (nSPS) is 30.4. The summed E-state index contributed by atoms with van der Waals surface area (Å²) in [6.45, 7) is 12.6. The predicted molar refractivity (Wildman–Crippen MR) is 245 cm³/mol. The zero-order chi connectivity index (χ0) is 45.3. The molecule has 0 amide bonds. The number of ether oxygens (including phenoxy) is 5. The van der Waals surface area contributed by atoms with Crippen LogP contribution in [0, 0.1) is 52.3 Å². The van der Waals surface area contributed by atoms with Gasteiger partial charge in [-0.1, -0.05) is 78.1 Å². The lowest BCUT2D eigenvalue weighted by Crippen LogP contribution is -2.55. The van der Waals surface area contributed by atoms with Crippen molar-refractivity contribution in [3.63, 3.8) is 0 Å². The van der Waals surface area contributed by atoms with E-state index in [1.165, 1.54) is 87.5 Å². The summed E-state index contributed by atoms with van der Waals surface area (Å²) in [6.07, 6.45) is 15.5. The van der Waals surface area contributed by atoms with E-state index in [0.717, 1.165) is 48.3 Å². The lowest BCUT2D eigenvalue weighted by atomic mass is 9.42. The second kappa shape index (κ2) is 16.8. The monoisotopic (exact) mass is 878 g/mol. The Hall–Kier alpha value is -5.44. The molecule has 0 radical (unpaired) electrons.